The summed E-state index contributed by atoms with van der Waals surface area (Å²) in [7, 11) is 0. The summed E-state index contributed by atoms with van der Waals surface area (Å²) in [6, 6.07) is 3.28. The zero-order valence-corrected chi connectivity index (χ0v) is 10.2. The molecule has 4 aliphatic rings. The van der Waals surface area contributed by atoms with Crippen molar-refractivity contribution in [1.29, 1.82) is 0 Å². The lowest BCUT2D eigenvalue weighted by atomic mass is 10.0. The Labute approximate surface area is 106 Å². The van der Waals surface area contributed by atoms with E-state index in [-0.39, 0.29) is 0 Å². The average Bonchev–Trinajstić information content (AvgIpc) is 3.13. The van der Waals surface area contributed by atoms with E-state index in [0.29, 0.717) is 18.2 Å². The Hall–Kier alpha value is -1.55. The van der Waals surface area contributed by atoms with Gasteiger partial charge in [0.05, 0.1) is 17.8 Å². The summed E-state index contributed by atoms with van der Waals surface area (Å²) in [5.41, 5.74) is 4.25. The Balaban J connectivity index is 1.66. The number of anilines is 1. The number of fused-ring (bicyclic) bond motifs is 8. The van der Waals surface area contributed by atoms with Gasteiger partial charge in [-0.1, -0.05) is 0 Å². The number of nitrogens with zero attached hydrogens (tertiary/aromatic N) is 3. The standard InChI is InChI=1S/C14H16N4/c1-2-6-17-9(3-1)8-18-11-4-5-15-7-10(11)12-13(16-12)14(17)18/h4-5,7-8,12-14,16H,1-3,6H2. The Morgan fingerprint density at radius 2 is 2.33 bits per heavy atom. The van der Waals surface area contributed by atoms with Crippen molar-refractivity contribution in [2.75, 3.05) is 11.4 Å². The summed E-state index contributed by atoms with van der Waals surface area (Å²) in [5.74, 6) is 0. The maximum absolute atomic E-state index is 4.28. The molecule has 0 amide bonds. The first-order chi connectivity index (χ1) is 8.93. The third-order valence-electron chi connectivity index (χ3n) is 4.73. The number of allylic oxidation sites excluding steroid dienone is 1. The first-order valence-corrected chi connectivity index (χ1v) is 6.89. The van der Waals surface area contributed by atoms with Crippen LogP contribution in [0.25, 0.3) is 0 Å². The summed E-state index contributed by atoms with van der Waals surface area (Å²) in [6.45, 7) is 1.22. The molecule has 18 heavy (non-hydrogen) atoms. The van der Waals surface area contributed by atoms with Gasteiger partial charge in [-0.05, 0) is 25.3 Å². The number of pyridine rings is 1. The maximum Gasteiger partial charge on any atom is 0.123 e. The molecule has 5 rings (SSSR count). The highest BCUT2D eigenvalue weighted by Crippen LogP contribution is 2.49. The summed E-state index contributed by atoms with van der Waals surface area (Å²) in [5, 5.41) is 3.63. The fraction of sp³-hybridized carbons (Fsp3) is 0.500. The van der Waals surface area contributed by atoms with Gasteiger partial charge in [0, 0.05) is 36.4 Å². The first-order valence-electron chi connectivity index (χ1n) is 6.89. The van der Waals surface area contributed by atoms with Crippen molar-refractivity contribution < 1.29 is 0 Å². The zero-order valence-electron chi connectivity index (χ0n) is 10.2. The molecule has 0 aliphatic carbocycles. The lowest BCUT2D eigenvalue weighted by Crippen LogP contribution is -2.47. The Morgan fingerprint density at radius 3 is 3.33 bits per heavy atom. The van der Waals surface area contributed by atoms with E-state index in [1.165, 1.54) is 42.8 Å². The van der Waals surface area contributed by atoms with Gasteiger partial charge in [0.1, 0.15) is 6.17 Å². The van der Waals surface area contributed by atoms with Crippen LogP contribution >= 0.6 is 0 Å². The maximum atomic E-state index is 4.28. The predicted molar refractivity (Wildman–Crippen MR) is 68.8 cm³/mol. The third kappa shape index (κ3) is 1.03. The molecule has 1 aromatic heterocycles. The Morgan fingerprint density at radius 1 is 1.33 bits per heavy atom. The van der Waals surface area contributed by atoms with Crippen LogP contribution in [0.15, 0.2) is 30.4 Å². The number of piperidine rings is 1. The second-order valence-corrected chi connectivity index (χ2v) is 5.70. The fourth-order valence-corrected chi connectivity index (χ4v) is 3.85. The average molecular weight is 240 g/mol. The van der Waals surface area contributed by atoms with Crippen molar-refractivity contribution in [3.63, 3.8) is 0 Å². The quantitative estimate of drug-likeness (QED) is 0.699. The highest BCUT2D eigenvalue weighted by atomic mass is 15.5. The highest BCUT2D eigenvalue weighted by molar-refractivity contribution is 5.64. The van der Waals surface area contributed by atoms with Gasteiger partial charge in [-0.3, -0.25) is 4.98 Å². The van der Waals surface area contributed by atoms with Crippen molar-refractivity contribution in [2.45, 2.75) is 37.5 Å². The molecule has 0 radical (unpaired) electrons. The van der Waals surface area contributed by atoms with Crippen LogP contribution in [-0.2, 0) is 0 Å². The van der Waals surface area contributed by atoms with E-state index in [1.807, 2.05) is 12.4 Å². The smallest absolute Gasteiger partial charge is 0.123 e. The van der Waals surface area contributed by atoms with Crippen LogP contribution in [0.5, 0.6) is 0 Å². The molecule has 1 N–H and O–H groups in total. The molecule has 0 saturated carbocycles. The van der Waals surface area contributed by atoms with E-state index in [2.05, 4.69) is 32.4 Å². The highest BCUT2D eigenvalue weighted by Gasteiger charge is 2.55. The lowest BCUT2D eigenvalue weighted by Gasteiger charge is -2.38. The minimum Gasteiger partial charge on any atom is -0.352 e. The summed E-state index contributed by atoms with van der Waals surface area (Å²) in [6.07, 6.45) is 10.7. The van der Waals surface area contributed by atoms with E-state index in [0.717, 1.165) is 0 Å². The van der Waals surface area contributed by atoms with Gasteiger partial charge in [0.15, 0.2) is 0 Å². The number of rotatable bonds is 0. The van der Waals surface area contributed by atoms with Crippen molar-refractivity contribution >= 4 is 5.69 Å². The summed E-state index contributed by atoms with van der Waals surface area (Å²) in [4.78, 5) is 9.37. The van der Waals surface area contributed by atoms with Crippen molar-refractivity contribution in [1.82, 2.24) is 15.2 Å². The second kappa shape index (κ2) is 3.06. The lowest BCUT2D eigenvalue weighted by molar-refractivity contribution is 0.233. The molecule has 4 nitrogen and oxygen atoms in total. The summed E-state index contributed by atoms with van der Waals surface area (Å²) < 4.78 is 0. The molecule has 1 aromatic rings. The monoisotopic (exact) mass is 240 g/mol. The molecule has 0 bridgehead atoms. The topological polar surface area (TPSA) is 41.3 Å². The number of hydrogen-bond donors (Lipinski definition) is 1. The van der Waals surface area contributed by atoms with Gasteiger partial charge >= 0.3 is 0 Å². The van der Waals surface area contributed by atoms with Crippen LogP contribution in [-0.4, -0.2) is 28.6 Å². The number of nitrogens with one attached hydrogen (secondary N) is 1. The number of aromatic nitrogens is 1. The molecule has 92 valence electrons. The zero-order chi connectivity index (χ0) is 11.7. The first kappa shape index (κ1) is 9.39. The van der Waals surface area contributed by atoms with Crippen LogP contribution in [0.2, 0.25) is 0 Å². The fourth-order valence-electron chi connectivity index (χ4n) is 3.85. The molecule has 2 saturated heterocycles. The van der Waals surface area contributed by atoms with E-state index in [9.17, 15) is 0 Å². The molecule has 0 spiro atoms. The molecule has 3 unspecified atom stereocenters. The van der Waals surface area contributed by atoms with Gasteiger partial charge < -0.3 is 15.1 Å². The largest absolute Gasteiger partial charge is 0.352 e. The van der Waals surface area contributed by atoms with E-state index < -0.39 is 0 Å². The molecule has 4 heteroatoms. The van der Waals surface area contributed by atoms with Crippen molar-refractivity contribution in [3.05, 3.63) is 35.9 Å². The van der Waals surface area contributed by atoms with Crippen LogP contribution < -0.4 is 10.2 Å². The SMILES string of the molecule is C1=C2CCCCN2C2C3NC3c3cnccc3N12. The predicted octanol–water partition coefficient (Wildman–Crippen LogP) is 1.58. The van der Waals surface area contributed by atoms with Crippen LogP contribution in [0.1, 0.15) is 30.9 Å². The van der Waals surface area contributed by atoms with Gasteiger partial charge in [0.2, 0.25) is 0 Å². The minimum absolute atomic E-state index is 0.514. The Kier molecular flexibility index (Phi) is 1.60. The minimum atomic E-state index is 0.514. The van der Waals surface area contributed by atoms with Crippen molar-refractivity contribution in [2.24, 2.45) is 0 Å². The molecule has 3 atom stereocenters. The number of hydrogen-bond acceptors (Lipinski definition) is 4. The van der Waals surface area contributed by atoms with E-state index in [4.69, 9.17) is 0 Å². The second-order valence-electron chi connectivity index (χ2n) is 5.70. The molecular formula is C14H16N4. The summed E-state index contributed by atoms with van der Waals surface area (Å²) >= 11 is 0. The van der Waals surface area contributed by atoms with Crippen LogP contribution in [0, 0.1) is 0 Å². The molecule has 2 fully saturated rings. The van der Waals surface area contributed by atoms with Gasteiger partial charge in [0.25, 0.3) is 0 Å². The molecule has 0 aromatic carbocycles. The van der Waals surface area contributed by atoms with E-state index in [1.54, 1.807) is 0 Å². The van der Waals surface area contributed by atoms with Gasteiger partial charge in [-0.15, -0.1) is 0 Å². The van der Waals surface area contributed by atoms with Crippen LogP contribution in [0.4, 0.5) is 5.69 Å². The molecule has 4 aliphatic heterocycles. The third-order valence-corrected chi connectivity index (χ3v) is 4.73. The Bertz CT molecular complexity index is 552. The normalized spacial score (nSPS) is 35.3. The van der Waals surface area contributed by atoms with Gasteiger partial charge in [-0.2, -0.15) is 0 Å². The molecular weight excluding hydrogens is 224 g/mol. The van der Waals surface area contributed by atoms with E-state index >= 15 is 0 Å². The molecule has 5 heterocycles. The van der Waals surface area contributed by atoms with Crippen LogP contribution in [0.3, 0.4) is 0 Å². The van der Waals surface area contributed by atoms with Gasteiger partial charge in [-0.25, -0.2) is 0 Å². The van der Waals surface area contributed by atoms with Crippen molar-refractivity contribution in [3.8, 4) is 0 Å².